The fraction of sp³-hybridized carbons (Fsp3) is 0.542. The number of amides is 3. The first-order valence-corrected chi connectivity index (χ1v) is 11.6. The van der Waals surface area contributed by atoms with Crippen LogP contribution in [0.15, 0.2) is 30.3 Å². The molecule has 0 bridgehead atoms. The third kappa shape index (κ3) is 10.8. The first-order valence-electron chi connectivity index (χ1n) is 11.6. The van der Waals surface area contributed by atoms with Crippen LogP contribution >= 0.6 is 0 Å². The van der Waals surface area contributed by atoms with Crippen LogP contribution in [0.2, 0.25) is 0 Å². The van der Waals surface area contributed by atoms with Gasteiger partial charge in [0.1, 0.15) is 12.1 Å². The number of aliphatic hydroxyl groups excluding tert-OH is 1. The Morgan fingerprint density at radius 3 is 1.92 bits per heavy atom. The maximum atomic E-state index is 13.2. The zero-order chi connectivity index (χ0) is 27.4. The number of hydrogen-bond acceptors (Lipinski definition) is 7. The van der Waals surface area contributed by atoms with Crippen molar-refractivity contribution in [3.05, 3.63) is 35.9 Å². The van der Waals surface area contributed by atoms with Crippen molar-refractivity contribution in [2.45, 2.75) is 76.7 Å². The van der Waals surface area contributed by atoms with E-state index in [0.717, 1.165) is 0 Å². The minimum absolute atomic E-state index is 0.0189. The molecular formula is C24H36N4O8. The SMILES string of the molecule is CC(C)CC(NC(=O)C(N)CCC(=O)O)C(=O)NC(Cc1ccccc1)C(=O)NC(C(=O)O)C(C)O. The Balaban J connectivity index is 3.09. The lowest BCUT2D eigenvalue weighted by Crippen LogP contribution is -2.59. The third-order valence-electron chi connectivity index (χ3n) is 5.31. The van der Waals surface area contributed by atoms with Gasteiger partial charge in [0.2, 0.25) is 17.7 Å². The number of rotatable bonds is 15. The van der Waals surface area contributed by atoms with Crippen LogP contribution in [0.1, 0.15) is 45.6 Å². The highest BCUT2D eigenvalue weighted by molar-refractivity contribution is 5.94. The van der Waals surface area contributed by atoms with E-state index in [-0.39, 0.29) is 31.6 Å². The molecule has 36 heavy (non-hydrogen) atoms. The Hall–Kier alpha value is -3.51. The second-order valence-corrected chi connectivity index (χ2v) is 9.05. The van der Waals surface area contributed by atoms with Gasteiger partial charge >= 0.3 is 11.9 Å². The molecular weight excluding hydrogens is 472 g/mol. The smallest absolute Gasteiger partial charge is 0.328 e. The van der Waals surface area contributed by atoms with Crippen molar-refractivity contribution in [1.29, 1.82) is 0 Å². The third-order valence-corrected chi connectivity index (χ3v) is 5.31. The Morgan fingerprint density at radius 1 is 0.861 bits per heavy atom. The quantitative estimate of drug-likeness (QED) is 0.161. The summed E-state index contributed by atoms with van der Waals surface area (Å²) in [5.41, 5.74) is 6.44. The van der Waals surface area contributed by atoms with Crippen molar-refractivity contribution in [1.82, 2.24) is 16.0 Å². The predicted octanol–water partition coefficient (Wildman–Crippen LogP) is -0.613. The van der Waals surface area contributed by atoms with Crippen molar-refractivity contribution >= 4 is 29.7 Å². The van der Waals surface area contributed by atoms with Gasteiger partial charge in [0.15, 0.2) is 6.04 Å². The summed E-state index contributed by atoms with van der Waals surface area (Å²) in [4.78, 5) is 60.8. The lowest BCUT2D eigenvalue weighted by Gasteiger charge is -2.26. The topological polar surface area (TPSA) is 208 Å². The minimum atomic E-state index is -1.59. The first kappa shape index (κ1) is 30.5. The standard InChI is InChI=1S/C24H36N4O8/c1-13(2)11-17(26-21(32)16(25)9-10-19(30)31)22(33)27-18(12-15-7-5-4-6-8-15)23(34)28-20(14(3)29)24(35)36/h4-8,13-14,16-18,20,29H,9-12,25H2,1-3H3,(H,26,32)(H,27,33)(H,28,34)(H,30,31)(H,35,36). The van der Waals surface area contributed by atoms with Crippen LogP contribution in [0.5, 0.6) is 0 Å². The monoisotopic (exact) mass is 508 g/mol. The number of nitrogens with two attached hydrogens (primary N) is 1. The minimum Gasteiger partial charge on any atom is -0.481 e. The van der Waals surface area contributed by atoms with Gasteiger partial charge in [-0.3, -0.25) is 19.2 Å². The van der Waals surface area contributed by atoms with E-state index in [1.54, 1.807) is 30.3 Å². The number of hydrogen-bond donors (Lipinski definition) is 7. The van der Waals surface area contributed by atoms with Gasteiger partial charge < -0.3 is 37.0 Å². The normalized spacial score (nSPS) is 15.2. The molecule has 0 fully saturated rings. The van der Waals surface area contributed by atoms with E-state index in [1.165, 1.54) is 6.92 Å². The van der Waals surface area contributed by atoms with Crippen molar-refractivity contribution in [2.75, 3.05) is 0 Å². The molecule has 12 heteroatoms. The van der Waals surface area contributed by atoms with Gasteiger partial charge in [-0.2, -0.15) is 0 Å². The van der Waals surface area contributed by atoms with Crippen LogP contribution in [-0.2, 0) is 30.4 Å². The van der Waals surface area contributed by atoms with E-state index < -0.39 is 59.9 Å². The summed E-state index contributed by atoms with van der Waals surface area (Å²) in [7, 11) is 0. The van der Waals surface area contributed by atoms with E-state index >= 15 is 0 Å². The highest BCUT2D eigenvalue weighted by Gasteiger charge is 2.32. The van der Waals surface area contributed by atoms with E-state index in [9.17, 15) is 34.2 Å². The molecule has 1 aromatic carbocycles. The summed E-state index contributed by atoms with van der Waals surface area (Å²) in [6.07, 6.45) is -1.60. The zero-order valence-corrected chi connectivity index (χ0v) is 20.6. The molecule has 0 saturated carbocycles. The van der Waals surface area contributed by atoms with Gasteiger partial charge in [-0.1, -0.05) is 44.2 Å². The van der Waals surface area contributed by atoms with Gasteiger partial charge in [-0.05, 0) is 31.2 Å². The molecule has 5 atom stereocenters. The van der Waals surface area contributed by atoms with Crippen molar-refractivity contribution in [3.63, 3.8) is 0 Å². The molecule has 0 aliphatic rings. The fourth-order valence-corrected chi connectivity index (χ4v) is 3.37. The van der Waals surface area contributed by atoms with E-state index in [0.29, 0.717) is 5.56 Å². The Bertz CT molecular complexity index is 907. The second-order valence-electron chi connectivity index (χ2n) is 9.05. The van der Waals surface area contributed by atoms with Crippen molar-refractivity contribution in [3.8, 4) is 0 Å². The summed E-state index contributed by atoms with van der Waals surface area (Å²) in [5, 5.41) is 35.2. The molecule has 1 aromatic rings. The molecule has 0 saturated heterocycles. The van der Waals surface area contributed by atoms with Crippen LogP contribution in [0, 0.1) is 5.92 Å². The number of benzene rings is 1. The van der Waals surface area contributed by atoms with E-state index in [2.05, 4.69) is 16.0 Å². The van der Waals surface area contributed by atoms with E-state index in [1.807, 2.05) is 13.8 Å². The molecule has 0 heterocycles. The molecule has 0 aromatic heterocycles. The number of carboxylic acid groups (broad SMARTS) is 2. The molecule has 200 valence electrons. The van der Waals surface area contributed by atoms with Gasteiger partial charge in [-0.15, -0.1) is 0 Å². The molecule has 8 N–H and O–H groups in total. The average molecular weight is 509 g/mol. The molecule has 0 aliphatic carbocycles. The highest BCUT2D eigenvalue weighted by Crippen LogP contribution is 2.09. The summed E-state index contributed by atoms with van der Waals surface area (Å²) in [5.74, 6) is -4.81. The van der Waals surface area contributed by atoms with E-state index in [4.69, 9.17) is 10.8 Å². The number of aliphatic hydroxyl groups is 1. The Morgan fingerprint density at radius 2 is 1.42 bits per heavy atom. The lowest BCUT2D eigenvalue weighted by atomic mass is 10.00. The zero-order valence-electron chi connectivity index (χ0n) is 20.6. The number of carbonyl (C=O) groups is 5. The summed E-state index contributed by atoms with van der Waals surface area (Å²) >= 11 is 0. The molecule has 12 nitrogen and oxygen atoms in total. The Labute approximate surface area is 209 Å². The summed E-state index contributed by atoms with van der Waals surface area (Å²) < 4.78 is 0. The Kier molecular flexibility index (Phi) is 12.5. The summed E-state index contributed by atoms with van der Waals surface area (Å²) in [6, 6.07) is 3.67. The molecule has 0 radical (unpaired) electrons. The molecule has 0 aliphatic heterocycles. The van der Waals surface area contributed by atoms with Gasteiger partial charge in [0, 0.05) is 12.8 Å². The number of carboxylic acids is 2. The highest BCUT2D eigenvalue weighted by atomic mass is 16.4. The van der Waals surface area contributed by atoms with Crippen LogP contribution in [0.4, 0.5) is 0 Å². The number of carbonyl (C=O) groups excluding carboxylic acids is 3. The number of nitrogens with one attached hydrogen (secondary N) is 3. The first-order chi connectivity index (χ1) is 16.8. The molecule has 5 unspecified atom stereocenters. The van der Waals surface area contributed by atoms with Crippen LogP contribution in [-0.4, -0.2) is 75.3 Å². The fourth-order valence-electron chi connectivity index (χ4n) is 3.37. The van der Waals surface area contributed by atoms with Crippen LogP contribution in [0.25, 0.3) is 0 Å². The van der Waals surface area contributed by atoms with Crippen molar-refractivity contribution < 1.29 is 39.3 Å². The van der Waals surface area contributed by atoms with Gasteiger partial charge in [0.25, 0.3) is 0 Å². The second kappa shape index (κ2) is 14.8. The molecule has 3 amide bonds. The van der Waals surface area contributed by atoms with Crippen LogP contribution < -0.4 is 21.7 Å². The number of aliphatic carboxylic acids is 2. The maximum Gasteiger partial charge on any atom is 0.328 e. The predicted molar refractivity (Wildman–Crippen MR) is 130 cm³/mol. The van der Waals surface area contributed by atoms with Crippen molar-refractivity contribution in [2.24, 2.45) is 11.7 Å². The molecule has 1 rings (SSSR count). The summed E-state index contributed by atoms with van der Waals surface area (Å²) in [6.45, 7) is 4.86. The lowest BCUT2D eigenvalue weighted by molar-refractivity contribution is -0.145. The molecule has 0 spiro atoms. The average Bonchev–Trinajstić information content (AvgIpc) is 2.79. The maximum absolute atomic E-state index is 13.2. The van der Waals surface area contributed by atoms with Gasteiger partial charge in [0.05, 0.1) is 12.1 Å². The largest absolute Gasteiger partial charge is 0.481 e. The van der Waals surface area contributed by atoms with Gasteiger partial charge in [-0.25, -0.2) is 4.79 Å². The van der Waals surface area contributed by atoms with Crippen LogP contribution in [0.3, 0.4) is 0 Å².